The second-order valence-electron chi connectivity index (χ2n) is 3.45. The first-order valence-electron chi connectivity index (χ1n) is 5.08. The quantitative estimate of drug-likeness (QED) is 0.614. The molecule has 0 heterocycles. The van der Waals surface area contributed by atoms with Gasteiger partial charge >= 0.3 is 0 Å². The van der Waals surface area contributed by atoms with Gasteiger partial charge in [-0.25, -0.2) is 0 Å². The van der Waals surface area contributed by atoms with E-state index in [0.717, 1.165) is 12.8 Å². The van der Waals surface area contributed by atoms with Crippen LogP contribution in [0.15, 0.2) is 12.1 Å². The number of hydrogen-bond acceptors (Lipinski definition) is 3. The Morgan fingerprint density at radius 1 is 1.50 bits per heavy atom. The van der Waals surface area contributed by atoms with Crippen LogP contribution in [0.25, 0.3) is 0 Å². The van der Waals surface area contributed by atoms with E-state index in [0.29, 0.717) is 23.1 Å². The highest BCUT2D eigenvalue weighted by Crippen LogP contribution is 2.31. The number of nitrogens with two attached hydrogens (primary N) is 2. The normalized spacial score (nSPS) is 10.1. The van der Waals surface area contributed by atoms with E-state index in [1.54, 1.807) is 0 Å². The van der Waals surface area contributed by atoms with Gasteiger partial charge in [0, 0.05) is 5.69 Å². The van der Waals surface area contributed by atoms with E-state index in [4.69, 9.17) is 27.8 Å². The number of benzene rings is 1. The van der Waals surface area contributed by atoms with Crippen LogP contribution in [0.3, 0.4) is 0 Å². The maximum atomic E-state index is 11.2. The van der Waals surface area contributed by atoms with E-state index in [1.165, 1.54) is 12.1 Å². The van der Waals surface area contributed by atoms with E-state index >= 15 is 0 Å². The Kier molecular flexibility index (Phi) is 4.43. The van der Waals surface area contributed by atoms with Crippen molar-refractivity contribution in [2.24, 2.45) is 5.73 Å². The molecule has 4 N–H and O–H groups in total. The molecule has 0 bridgehead atoms. The number of nitrogen functional groups attached to an aromatic ring is 1. The van der Waals surface area contributed by atoms with Crippen LogP contribution in [-0.2, 0) is 0 Å². The number of carbonyl (C=O) groups is 1. The highest BCUT2D eigenvalue weighted by molar-refractivity contribution is 6.33. The Bertz CT molecular complexity index is 394. The Morgan fingerprint density at radius 3 is 2.75 bits per heavy atom. The first-order valence-corrected chi connectivity index (χ1v) is 5.45. The molecule has 0 spiro atoms. The second kappa shape index (κ2) is 5.61. The lowest BCUT2D eigenvalue weighted by molar-refractivity contribution is 0.0996. The summed E-state index contributed by atoms with van der Waals surface area (Å²) in [6.45, 7) is 2.55. The van der Waals surface area contributed by atoms with Crippen molar-refractivity contribution in [3.05, 3.63) is 22.7 Å². The Balaban J connectivity index is 2.99. The predicted molar refractivity (Wildman–Crippen MR) is 64.8 cm³/mol. The second-order valence-corrected chi connectivity index (χ2v) is 3.85. The lowest BCUT2D eigenvalue weighted by Gasteiger charge is -2.11. The summed E-state index contributed by atoms with van der Waals surface area (Å²) in [4.78, 5) is 11.2. The van der Waals surface area contributed by atoms with Gasteiger partial charge in [0.25, 0.3) is 5.91 Å². The molecule has 1 amide bonds. The molecule has 0 aromatic heterocycles. The molecule has 0 fully saturated rings. The number of carbonyl (C=O) groups excluding carboxylic acids is 1. The lowest BCUT2D eigenvalue weighted by atomic mass is 10.1. The molecule has 0 aliphatic heterocycles. The van der Waals surface area contributed by atoms with Gasteiger partial charge < -0.3 is 16.2 Å². The summed E-state index contributed by atoms with van der Waals surface area (Å²) >= 11 is 5.94. The molecule has 5 heteroatoms. The molecule has 0 aliphatic carbocycles. The van der Waals surface area contributed by atoms with E-state index in [2.05, 4.69) is 0 Å². The van der Waals surface area contributed by atoms with E-state index < -0.39 is 5.91 Å². The van der Waals surface area contributed by atoms with Crippen molar-refractivity contribution in [3.63, 3.8) is 0 Å². The topological polar surface area (TPSA) is 78.3 Å². The lowest BCUT2D eigenvalue weighted by Crippen LogP contribution is -2.14. The number of hydrogen-bond donors (Lipinski definition) is 2. The van der Waals surface area contributed by atoms with Gasteiger partial charge in [-0.15, -0.1) is 0 Å². The van der Waals surface area contributed by atoms with Crippen LogP contribution in [-0.4, -0.2) is 12.5 Å². The summed E-state index contributed by atoms with van der Waals surface area (Å²) in [5.41, 5.74) is 11.4. The van der Waals surface area contributed by atoms with Crippen LogP contribution in [0.4, 0.5) is 5.69 Å². The van der Waals surface area contributed by atoms with Gasteiger partial charge in [0.15, 0.2) is 5.75 Å². The number of halogens is 1. The van der Waals surface area contributed by atoms with Gasteiger partial charge in [-0.1, -0.05) is 24.9 Å². The number of ether oxygens (including phenoxy) is 1. The first kappa shape index (κ1) is 12.6. The monoisotopic (exact) mass is 242 g/mol. The number of unbranched alkanes of at least 4 members (excludes halogenated alkanes) is 1. The first-order chi connectivity index (χ1) is 7.56. The van der Waals surface area contributed by atoms with Crippen molar-refractivity contribution in [3.8, 4) is 5.75 Å². The molecule has 0 aliphatic rings. The molecule has 0 unspecified atom stereocenters. The SMILES string of the molecule is CCCCOc1c(Cl)cc(N)cc1C(N)=O. The highest BCUT2D eigenvalue weighted by Gasteiger charge is 2.14. The Morgan fingerprint density at radius 2 is 2.19 bits per heavy atom. The van der Waals surface area contributed by atoms with Gasteiger partial charge in [-0.3, -0.25) is 4.79 Å². The van der Waals surface area contributed by atoms with E-state index in [-0.39, 0.29) is 5.56 Å². The summed E-state index contributed by atoms with van der Waals surface area (Å²) < 4.78 is 5.44. The van der Waals surface area contributed by atoms with Crippen LogP contribution in [0.2, 0.25) is 5.02 Å². The average molecular weight is 243 g/mol. The van der Waals surface area contributed by atoms with Crippen LogP contribution in [0.1, 0.15) is 30.1 Å². The largest absolute Gasteiger partial charge is 0.491 e. The molecule has 88 valence electrons. The number of primary amides is 1. The molecule has 1 rings (SSSR count). The Hall–Kier alpha value is -1.42. The zero-order chi connectivity index (χ0) is 12.1. The molecule has 0 atom stereocenters. The zero-order valence-corrected chi connectivity index (χ0v) is 9.88. The fourth-order valence-electron chi connectivity index (χ4n) is 1.26. The minimum absolute atomic E-state index is 0.223. The molecule has 0 saturated heterocycles. The van der Waals surface area contributed by atoms with E-state index in [1.807, 2.05) is 6.92 Å². The third-order valence-electron chi connectivity index (χ3n) is 2.08. The number of rotatable bonds is 5. The molecule has 4 nitrogen and oxygen atoms in total. The van der Waals surface area contributed by atoms with Gasteiger partial charge in [0.2, 0.25) is 0 Å². The fourth-order valence-corrected chi connectivity index (χ4v) is 1.55. The van der Waals surface area contributed by atoms with Crippen molar-refractivity contribution >= 4 is 23.2 Å². The van der Waals surface area contributed by atoms with E-state index in [9.17, 15) is 4.79 Å². The average Bonchev–Trinajstić information content (AvgIpc) is 2.20. The molecule has 0 radical (unpaired) electrons. The zero-order valence-electron chi connectivity index (χ0n) is 9.13. The molecule has 1 aromatic rings. The maximum absolute atomic E-state index is 11.2. The van der Waals surface area contributed by atoms with Crippen molar-refractivity contribution in [2.75, 3.05) is 12.3 Å². The smallest absolute Gasteiger partial charge is 0.252 e. The third-order valence-corrected chi connectivity index (χ3v) is 2.36. The summed E-state index contributed by atoms with van der Waals surface area (Å²) in [5, 5.41) is 0.310. The van der Waals surface area contributed by atoms with Crippen molar-refractivity contribution in [1.29, 1.82) is 0 Å². The van der Waals surface area contributed by atoms with Gasteiger partial charge in [-0.2, -0.15) is 0 Å². The molecular weight excluding hydrogens is 228 g/mol. The number of amides is 1. The summed E-state index contributed by atoms with van der Waals surface area (Å²) in [5.74, 6) is -0.280. The standard InChI is InChI=1S/C11H15ClN2O2/c1-2-3-4-16-10-8(11(14)15)5-7(13)6-9(10)12/h5-6H,2-4,13H2,1H3,(H2,14,15). The predicted octanol–water partition coefficient (Wildman–Crippen LogP) is 2.20. The van der Waals surface area contributed by atoms with Crippen molar-refractivity contribution < 1.29 is 9.53 Å². The van der Waals surface area contributed by atoms with Crippen LogP contribution >= 0.6 is 11.6 Å². The fraction of sp³-hybridized carbons (Fsp3) is 0.364. The molecule has 16 heavy (non-hydrogen) atoms. The number of anilines is 1. The molecular formula is C11H15ClN2O2. The van der Waals surface area contributed by atoms with Gasteiger partial charge in [0.05, 0.1) is 17.2 Å². The van der Waals surface area contributed by atoms with Crippen LogP contribution < -0.4 is 16.2 Å². The van der Waals surface area contributed by atoms with Gasteiger partial charge in [-0.05, 0) is 18.6 Å². The van der Waals surface area contributed by atoms with Gasteiger partial charge in [0.1, 0.15) is 0 Å². The highest BCUT2D eigenvalue weighted by atomic mass is 35.5. The van der Waals surface area contributed by atoms with Crippen LogP contribution in [0, 0.1) is 0 Å². The van der Waals surface area contributed by atoms with Crippen molar-refractivity contribution in [2.45, 2.75) is 19.8 Å². The third kappa shape index (κ3) is 3.03. The summed E-state index contributed by atoms with van der Waals surface area (Å²) in [7, 11) is 0. The molecule has 1 aromatic carbocycles. The van der Waals surface area contributed by atoms with Crippen LogP contribution in [0.5, 0.6) is 5.75 Å². The minimum atomic E-state index is -0.597. The minimum Gasteiger partial charge on any atom is -0.491 e. The molecule has 0 saturated carbocycles. The summed E-state index contributed by atoms with van der Waals surface area (Å²) in [6.07, 6.45) is 1.89. The maximum Gasteiger partial charge on any atom is 0.252 e. The van der Waals surface area contributed by atoms with Crippen molar-refractivity contribution in [1.82, 2.24) is 0 Å². The Labute approximate surface area is 99.5 Å². The summed E-state index contributed by atoms with van der Waals surface area (Å²) in [6, 6.07) is 3.00.